The minimum absolute atomic E-state index is 0.0752. The van der Waals surface area contributed by atoms with Crippen molar-refractivity contribution in [3.63, 3.8) is 0 Å². The maximum Gasteiger partial charge on any atom is 0.243 e. The topological polar surface area (TPSA) is 79.4 Å². The summed E-state index contributed by atoms with van der Waals surface area (Å²) in [5.41, 5.74) is 1.28. The van der Waals surface area contributed by atoms with Crippen LogP contribution in [0.1, 0.15) is 23.2 Å². The van der Waals surface area contributed by atoms with Crippen LogP contribution >= 0.6 is 22.9 Å². The highest BCUT2D eigenvalue weighted by Crippen LogP contribution is 2.28. The Morgan fingerprint density at radius 2 is 1.86 bits per heavy atom. The highest BCUT2D eigenvalue weighted by molar-refractivity contribution is 7.89. The lowest BCUT2D eigenvalue weighted by atomic mass is 10.1. The van der Waals surface area contributed by atoms with E-state index in [1.165, 1.54) is 27.8 Å². The van der Waals surface area contributed by atoms with Crippen LogP contribution in [-0.2, 0) is 10.0 Å². The van der Waals surface area contributed by atoms with E-state index >= 15 is 0 Å². The van der Waals surface area contributed by atoms with Crippen LogP contribution in [0.4, 0.5) is 5.13 Å². The molecule has 9 heteroatoms. The zero-order valence-corrected chi connectivity index (χ0v) is 17.3. The SMILES string of the molecule is O=C(CNc1nc2ccc(Cl)cc2s1)c1ccc(S(=O)(=O)N2CCCC2)cc1. The Bertz CT molecular complexity index is 1120. The third-order valence-corrected chi connectivity index (χ3v) is 7.75. The second-order valence-electron chi connectivity index (χ2n) is 6.54. The number of halogens is 1. The fourth-order valence-electron chi connectivity index (χ4n) is 3.12. The highest BCUT2D eigenvalue weighted by Gasteiger charge is 2.27. The minimum Gasteiger partial charge on any atom is -0.354 e. The van der Waals surface area contributed by atoms with E-state index in [-0.39, 0.29) is 17.2 Å². The van der Waals surface area contributed by atoms with Gasteiger partial charge in [-0.1, -0.05) is 22.9 Å². The number of hydrogen-bond donors (Lipinski definition) is 1. The lowest BCUT2D eigenvalue weighted by Gasteiger charge is -2.15. The molecule has 28 heavy (non-hydrogen) atoms. The molecule has 0 spiro atoms. The van der Waals surface area contributed by atoms with E-state index in [4.69, 9.17) is 11.6 Å². The molecule has 1 fully saturated rings. The molecular formula is C19H18ClN3O3S2. The number of ketones is 1. The lowest BCUT2D eigenvalue weighted by Crippen LogP contribution is -2.27. The number of anilines is 1. The molecule has 2 heterocycles. The van der Waals surface area contributed by atoms with Gasteiger partial charge in [0, 0.05) is 23.7 Å². The smallest absolute Gasteiger partial charge is 0.243 e. The Labute approximate surface area is 172 Å². The molecule has 1 aliphatic heterocycles. The van der Waals surface area contributed by atoms with Gasteiger partial charge in [0.15, 0.2) is 10.9 Å². The molecule has 2 aromatic carbocycles. The molecule has 0 bridgehead atoms. The fourth-order valence-corrected chi connectivity index (χ4v) is 5.78. The van der Waals surface area contributed by atoms with Crippen LogP contribution in [0.25, 0.3) is 10.2 Å². The van der Waals surface area contributed by atoms with Crippen LogP contribution in [0.2, 0.25) is 5.02 Å². The van der Waals surface area contributed by atoms with E-state index in [1.54, 1.807) is 18.2 Å². The number of nitrogens with one attached hydrogen (secondary N) is 1. The maximum atomic E-state index is 12.5. The average Bonchev–Trinajstić information content (AvgIpc) is 3.36. The summed E-state index contributed by atoms with van der Waals surface area (Å²) >= 11 is 7.41. The van der Waals surface area contributed by atoms with Gasteiger partial charge in [0.05, 0.1) is 21.7 Å². The predicted octanol–water partition coefficient (Wildman–Crippen LogP) is 4.03. The molecule has 0 radical (unpaired) electrons. The number of hydrogen-bond acceptors (Lipinski definition) is 6. The van der Waals surface area contributed by atoms with Crippen molar-refractivity contribution in [2.45, 2.75) is 17.7 Å². The monoisotopic (exact) mass is 435 g/mol. The minimum atomic E-state index is -3.47. The molecule has 0 amide bonds. The maximum absolute atomic E-state index is 12.5. The number of thiazole rings is 1. The van der Waals surface area contributed by atoms with Crippen molar-refractivity contribution in [2.24, 2.45) is 0 Å². The Hall–Kier alpha value is -2.00. The van der Waals surface area contributed by atoms with Crippen LogP contribution < -0.4 is 5.32 Å². The third kappa shape index (κ3) is 3.91. The van der Waals surface area contributed by atoms with E-state index in [9.17, 15) is 13.2 Å². The first kappa shape index (κ1) is 19.3. The normalized spacial score (nSPS) is 15.2. The summed E-state index contributed by atoms with van der Waals surface area (Å²) in [5, 5.41) is 4.31. The van der Waals surface area contributed by atoms with Gasteiger partial charge >= 0.3 is 0 Å². The first-order valence-corrected chi connectivity index (χ1v) is 11.5. The number of benzene rings is 2. The van der Waals surface area contributed by atoms with Crippen LogP contribution in [0.15, 0.2) is 47.4 Å². The molecule has 0 saturated carbocycles. The van der Waals surface area contributed by atoms with Crippen LogP contribution in [0.5, 0.6) is 0 Å². The van der Waals surface area contributed by atoms with Gasteiger partial charge in [-0.25, -0.2) is 13.4 Å². The average molecular weight is 436 g/mol. The molecule has 1 N–H and O–H groups in total. The van der Waals surface area contributed by atoms with Crippen molar-refractivity contribution < 1.29 is 13.2 Å². The Morgan fingerprint density at radius 3 is 2.57 bits per heavy atom. The Kier molecular flexibility index (Phi) is 5.37. The number of carbonyl (C=O) groups is 1. The van der Waals surface area contributed by atoms with Crippen molar-refractivity contribution in [3.05, 3.63) is 53.1 Å². The predicted molar refractivity (Wildman–Crippen MR) is 112 cm³/mol. The van der Waals surface area contributed by atoms with Gasteiger partial charge in [-0.15, -0.1) is 0 Å². The number of carbonyl (C=O) groups excluding carboxylic acids is 1. The van der Waals surface area contributed by atoms with E-state index in [0.29, 0.717) is 28.8 Å². The zero-order chi connectivity index (χ0) is 19.7. The molecule has 0 unspecified atom stereocenters. The first-order chi connectivity index (χ1) is 13.4. The molecular weight excluding hydrogens is 418 g/mol. The summed E-state index contributed by atoms with van der Waals surface area (Å²) in [6.45, 7) is 1.19. The van der Waals surface area contributed by atoms with Gasteiger partial charge < -0.3 is 5.32 Å². The molecule has 4 rings (SSSR count). The number of sulfonamides is 1. The van der Waals surface area contributed by atoms with Gasteiger partial charge in [0.2, 0.25) is 10.0 Å². The van der Waals surface area contributed by atoms with Crippen molar-refractivity contribution in [2.75, 3.05) is 25.0 Å². The van der Waals surface area contributed by atoms with Gasteiger partial charge in [-0.3, -0.25) is 4.79 Å². The summed E-state index contributed by atoms with van der Waals surface area (Å²) in [6.07, 6.45) is 1.78. The quantitative estimate of drug-likeness (QED) is 0.591. The lowest BCUT2D eigenvalue weighted by molar-refractivity contribution is 0.101. The summed E-state index contributed by atoms with van der Waals surface area (Å²) in [7, 11) is -3.47. The molecule has 1 saturated heterocycles. The van der Waals surface area contributed by atoms with Crippen LogP contribution in [0.3, 0.4) is 0 Å². The molecule has 6 nitrogen and oxygen atoms in total. The van der Waals surface area contributed by atoms with Gasteiger partial charge in [0.25, 0.3) is 0 Å². The van der Waals surface area contributed by atoms with E-state index in [1.807, 2.05) is 12.1 Å². The number of Topliss-reactive ketones (excluding diaryl/α,β-unsaturated/α-hetero) is 1. The highest BCUT2D eigenvalue weighted by atomic mass is 35.5. The summed E-state index contributed by atoms with van der Waals surface area (Å²) in [6, 6.07) is 11.6. The van der Waals surface area contributed by atoms with Crippen molar-refractivity contribution in [1.82, 2.24) is 9.29 Å². The van der Waals surface area contributed by atoms with E-state index in [0.717, 1.165) is 23.1 Å². The summed E-state index contributed by atoms with van der Waals surface area (Å²) < 4.78 is 27.5. The van der Waals surface area contributed by atoms with E-state index < -0.39 is 10.0 Å². The zero-order valence-electron chi connectivity index (χ0n) is 14.9. The van der Waals surface area contributed by atoms with Gasteiger partial charge in [-0.2, -0.15) is 4.31 Å². The first-order valence-electron chi connectivity index (χ1n) is 8.87. The summed E-state index contributed by atoms with van der Waals surface area (Å²) in [4.78, 5) is 17.1. The Morgan fingerprint density at radius 1 is 1.14 bits per heavy atom. The molecule has 3 aromatic rings. The van der Waals surface area contributed by atoms with E-state index in [2.05, 4.69) is 10.3 Å². The van der Waals surface area contributed by atoms with Crippen LogP contribution in [-0.4, -0.2) is 43.1 Å². The molecule has 0 atom stereocenters. The fraction of sp³-hybridized carbons (Fsp3) is 0.263. The number of rotatable bonds is 6. The molecule has 0 aliphatic carbocycles. The second kappa shape index (κ2) is 7.79. The summed E-state index contributed by atoms with van der Waals surface area (Å²) in [5.74, 6) is -0.137. The third-order valence-electron chi connectivity index (χ3n) is 4.63. The van der Waals surface area contributed by atoms with Crippen molar-refractivity contribution in [3.8, 4) is 0 Å². The Balaban J connectivity index is 1.43. The number of aromatic nitrogens is 1. The number of nitrogens with zero attached hydrogens (tertiary/aromatic N) is 2. The van der Waals surface area contributed by atoms with Crippen LogP contribution in [0, 0.1) is 0 Å². The number of fused-ring (bicyclic) bond motifs is 1. The van der Waals surface area contributed by atoms with Crippen molar-refractivity contribution in [1.29, 1.82) is 0 Å². The molecule has 146 valence electrons. The van der Waals surface area contributed by atoms with Crippen molar-refractivity contribution >= 4 is 54.1 Å². The van der Waals surface area contributed by atoms with Gasteiger partial charge in [-0.05, 0) is 55.3 Å². The molecule has 1 aliphatic rings. The molecule has 1 aromatic heterocycles. The van der Waals surface area contributed by atoms with Gasteiger partial charge in [0.1, 0.15) is 0 Å². The second-order valence-corrected chi connectivity index (χ2v) is 9.95. The largest absolute Gasteiger partial charge is 0.354 e. The standard InChI is InChI=1S/C19H18ClN3O3S2/c20-14-5-8-16-18(11-14)27-19(22-16)21-12-17(24)13-3-6-15(7-4-13)28(25,26)23-9-1-2-10-23/h3-8,11H,1-2,9-10,12H2,(H,21,22).